The summed E-state index contributed by atoms with van der Waals surface area (Å²) in [7, 11) is 0. The van der Waals surface area contributed by atoms with Gasteiger partial charge in [0.1, 0.15) is 0 Å². The van der Waals surface area contributed by atoms with E-state index < -0.39 is 0 Å². The van der Waals surface area contributed by atoms with Gasteiger partial charge in [-0.1, -0.05) is 0 Å². The topological polar surface area (TPSA) is 56.7 Å². The van der Waals surface area contributed by atoms with Gasteiger partial charge < -0.3 is 15.5 Å². The first kappa shape index (κ1) is 16.5. The Bertz CT molecular complexity index is 393. The standard InChI is InChI=1S/C15H28N4OS/c1-4-16-14(19-9-10-21-15(2,3)11-19)18-8-7-17-13(20)12-5-6-12/h12H,4-11H2,1-3H3,(H,16,18)(H,17,20). The molecule has 2 fully saturated rings. The van der Waals surface area contributed by atoms with Crippen molar-refractivity contribution < 1.29 is 4.79 Å². The van der Waals surface area contributed by atoms with Gasteiger partial charge in [-0.25, -0.2) is 0 Å². The molecule has 2 rings (SSSR count). The van der Waals surface area contributed by atoms with E-state index in [1.54, 1.807) is 0 Å². The predicted molar refractivity (Wildman–Crippen MR) is 89.8 cm³/mol. The summed E-state index contributed by atoms with van der Waals surface area (Å²) in [6.45, 7) is 10.9. The quantitative estimate of drug-likeness (QED) is 0.456. The normalized spacial score (nSPS) is 22.0. The van der Waals surface area contributed by atoms with Crippen molar-refractivity contribution >= 4 is 23.6 Å². The molecule has 0 aromatic rings. The molecular formula is C15H28N4OS. The molecule has 1 amide bonds. The largest absolute Gasteiger partial charge is 0.357 e. The van der Waals surface area contributed by atoms with Crippen molar-refractivity contribution in [1.82, 2.24) is 15.5 Å². The third kappa shape index (κ3) is 5.41. The average molecular weight is 312 g/mol. The number of carbonyl (C=O) groups is 1. The van der Waals surface area contributed by atoms with E-state index in [9.17, 15) is 4.79 Å². The Hall–Kier alpha value is -0.910. The van der Waals surface area contributed by atoms with Crippen molar-refractivity contribution in [3.8, 4) is 0 Å². The minimum absolute atomic E-state index is 0.200. The van der Waals surface area contributed by atoms with Gasteiger partial charge in [0, 0.05) is 42.6 Å². The Morgan fingerprint density at radius 1 is 1.38 bits per heavy atom. The van der Waals surface area contributed by atoms with E-state index in [0.717, 1.165) is 44.2 Å². The third-order valence-electron chi connectivity index (χ3n) is 3.68. The van der Waals surface area contributed by atoms with Gasteiger partial charge >= 0.3 is 0 Å². The Morgan fingerprint density at radius 2 is 2.14 bits per heavy atom. The first-order valence-electron chi connectivity index (χ1n) is 7.97. The second-order valence-corrected chi connectivity index (χ2v) is 8.13. The van der Waals surface area contributed by atoms with Crippen LogP contribution in [0.25, 0.3) is 0 Å². The molecule has 1 heterocycles. The van der Waals surface area contributed by atoms with E-state index in [2.05, 4.69) is 41.3 Å². The minimum atomic E-state index is 0.200. The van der Waals surface area contributed by atoms with Crippen LogP contribution in [-0.2, 0) is 4.79 Å². The van der Waals surface area contributed by atoms with Crippen LogP contribution in [-0.4, -0.2) is 60.0 Å². The predicted octanol–water partition coefficient (Wildman–Crippen LogP) is 1.31. The maximum atomic E-state index is 11.6. The van der Waals surface area contributed by atoms with Gasteiger partial charge in [0.2, 0.25) is 5.91 Å². The van der Waals surface area contributed by atoms with Crippen LogP contribution in [0, 0.1) is 5.92 Å². The van der Waals surface area contributed by atoms with Crippen LogP contribution in [0.15, 0.2) is 4.99 Å². The average Bonchev–Trinajstić information content (AvgIpc) is 3.25. The lowest BCUT2D eigenvalue weighted by Gasteiger charge is -2.39. The molecule has 5 nitrogen and oxygen atoms in total. The molecule has 0 bridgehead atoms. The fourth-order valence-corrected chi connectivity index (χ4v) is 3.57. The summed E-state index contributed by atoms with van der Waals surface area (Å²) in [6.07, 6.45) is 2.11. The molecule has 2 aliphatic rings. The number of aliphatic imine (C=N–C) groups is 1. The van der Waals surface area contributed by atoms with E-state index in [1.165, 1.54) is 0 Å². The van der Waals surface area contributed by atoms with Crippen molar-refractivity contribution in [2.75, 3.05) is 38.5 Å². The first-order valence-corrected chi connectivity index (χ1v) is 8.95. The van der Waals surface area contributed by atoms with Gasteiger partial charge in [-0.2, -0.15) is 11.8 Å². The number of amides is 1. The highest BCUT2D eigenvalue weighted by Gasteiger charge is 2.29. The maximum Gasteiger partial charge on any atom is 0.223 e. The van der Waals surface area contributed by atoms with Crippen molar-refractivity contribution in [1.29, 1.82) is 0 Å². The summed E-state index contributed by atoms with van der Waals surface area (Å²) in [5.41, 5.74) is 0. The molecule has 0 radical (unpaired) electrons. The fraction of sp³-hybridized carbons (Fsp3) is 0.867. The number of carbonyl (C=O) groups excluding carboxylic acids is 1. The molecular weight excluding hydrogens is 284 g/mol. The zero-order valence-electron chi connectivity index (χ0n) is 13.4. The van der Waals surface area contributed by atoms with E-state index in [1.807, 2.05) is 11.8 Å². The smallest absolute Gasteiger partial charge is 0.223 e. The molecule has 0 aromatic carbocycles. The van der Waals surface area contributed by atoms with Crippen molar-refractivity contribution in [3.63, 3.8) is 0 Å². The van der Waals surface area contributed by atoms with Crippen LogP contribution < -0.4 is 10.6 Å². The molecule has 2 N–H and O–H groups in total. The number of guanidine groups is 1. The van der Waals surface area contributed by atoms with Crippen molar-refractivity contribution in [2.24, 2.45) is 10.9 Å². The van der Waals surface area contributed by atoms with Gasteiger partial charge in [-0.05, 0) is 33.6 Å². The second kappa shape index (κ2) is 7.38. The van der Waals surface area contributed by atoms with Gasteiger partial charge in [0.05, 0.1) is 6.54 Å². The number of thioether (sulfide) groups is 1. The third-order valence-corrected chi connectivity index (χ3v) is 4.98. The molecule has 6 heteroatoms. The van der Waals surface area contributed by atoms with E-state index in [4.69, 9.17) is 0 Å². The Kier molecular flexibility index (Phi) is 5.79. The van der Waals surface area contributed by atoms with Gasteiger partial charge in [0.25, 0.3) is 0 Å². The van der Waals surface area contributed by atoms with E-state index >= 15 is 0 Å². The van der Waals surface area contributed by atoms with Crippen LogP contribution in [0.4, 0.5) is 0 Å². The zero-order chi connectivity index (χ0) is 15.3. The van der Waals surface area contributed by atoms with E-state index in [0.29, 0.717) is 13.1 Å². The summed E-state index contributed by atoms with van der Waals surface area (Å²) in [5.74, 6) is 2.59. The lowest BCUT2D eigenvalue weighted by molar-refractivity contribution is -0.122. The molecule has 0 aromatic heterocycles. The van der Waals surface area contributed by atoms with Gasteiger partial charge in [-0.15, -0.1) is 0 Å². The molecule has 21 heavy (non-hydrogen) atoms. The van der Waals surface area contributed by atoms with Crippen LogP contribution in [0.3, 0.4) is 0 Å². The summed E-state index contributed by atoms with van der Waals surface area (Å²) < 4.78 is 0.272. The number of nitrogens with one attached hydrogen (secondary N) is 2. The molecule has 1 aliphatic carbocycles. The molecule has 120 valence electrons. The monoisotopic (exact) mass is 312 g/mol. The molecule has 1 saturated heterocycles. The van der Waals surface area contributed by atoms with Crippen molar-refractivity contribution in [2.45, 2.75) is 38.4 Å². The number of hydrogen-bond acceptors (Lipinski definition) is 3. The summed E-state index contributed by atoms with van der Waals surface area (Å²) in [6, 6.07) is 0. The first-order chi connectivity index (χ1) is 10.0. The highest BCUT2D eigenvalue weighted by molar-refractivity contribution is 8.00. The number of rotatable bonds is 5. The van der Waals surface area contributed by atoms with E-state index in [-0.39, 0.29) is 16.6 Å². The Balaban J connectivity index is 1.81. The second-order valence-electron chi connectivity index (χ2n) is 6.33. The van der Waals surface area contributed by atoms with Gasteiger partial charge in [-0.3, -0.25) is 9.79 Å². The lowest BCUT2D eigenvalue weighted by atomic mass is 10.2. The Labute approximate surface area is 132 Å². The van der Waals surface area contributed by atoms with Crippen LogP contribution in [0.1, 0.15) is 33.6 Å². The minimum Gasteiger partial charge on any atom is -0.357 e. The highest BCUT2D eigenvalue weighted by Crippen LogP contribution is 2.29. The number of nitrogens with zero attached hydrogens (tertiary/aromatic N) is 2. The number of hydrogen-bond donors (Lipinski definition) is 2. The lowest BCUT2D eigenvalue weighted by Crippen LogP contribution is -2.51. The van der Waals surface area contributed by atoms with Crippen LogP contribution >= 0.6 is 11.8 Å². The zero-order valence-corrected chi connectivity index (χ0v) is 14.3. The molecule has 0 unspecified atom stereocenters. The fourth-order valence-electron chi connectivity index (χ4n) is 2.45. The van der Waals surface area contributed by atoms with Crippen LogP contribution in [0.5, 0.6) is 0 Å². The Morgan fingerprint density at radius 3 is 2.76 bits per heavy atom. The maximum absolute atomic E-state index is 11.6. The summed E-state index contributed by atoms with van der Waals surface area (Å²) in [4.78, 5) is 18.6. The molecule has 0 spiro atoms. The SMILES string of the molecule is CCNC(=NCCNC(=O)C1CC1)N1CCSC(C)(C)C1. The molecule has 1 saturated carbocycles. The summed E-state index contributed by atoms with van der Waals surface area (Å²) >= 11 is 2.02. The molecule has 1 aliphatic heterocycles. The van der Waals surface area contributed by atoms with Crippen LogP contribution in [0.2, 0.25) is 0 Å². The van der Waals surface area contributed by atoms with Gasteiger partial charge in [0.15, 0.2) is 5.96 Å². The molecule has 0 atom stereocenters. The summed E-state index contributed by atoms with van der Waals surface area (Å²) in [5, 5.41) is 6.33. The highest BCUT2D eigenvalue weighted by atomic mass is 32.2. The van der Waals surface area contributed by atoms with Crippen molar-refractivity contribution in [3.05, 3.63) is 0 Å².